The Labute approximate surface area is 153 Å². The molecule has 1 aliphatic rings. The molecule has 2 amide bonds. The zero-order chi connectivity index (χ0) is 17.1. The number of piperidine rings is 1. The first-order valence-corrected chi connectivity index (χ1v) is 9.12. The van der Waals surface area contributed by atoms with Gasteiger partial charge >= 0.3 is 0 Å². The van der Waals surface area contributed by atoms with E-state index in [1.54, 1.807) is 29.3 Å². The lowest BCUT2D eigenvalue weighted by molar-refractivity contribution is -0.121. The van der Waals surface area contributed by atoms with Crippen molar-refractivity contribution < 1.29 is 9.59 Å². The van der Waals surface area contributed by atoms with Crippen molar-refractivity contribution in [3.05, 3.63) is 45.4 Å². The SMILES string of the molecule is O=C(Nc1nccs1)C1CCN(C(=O)c2cc(Cl)cc(Cl)c2)CC1. The van der Waals surface area contributed by atoms with Crippen LogP contribution >= 0.6 is 34.5 Å². The highest BCUT2D eigenvalue weighted by atomic mass is 35.5. The van der Waals surface area contributed by atoms with Crippen molar-refractivity contribution in [2.24, 2.45) is 5.92 Å². The molecular formula is C16H15Cl2N3O2S. The third-order valence-electron chi connectivity index (χ3n) is 3.92. The molecule has 2 heterocycles. The zero-order valence-electron chi connectivity index (χ0n) is 12.7. The highest BCUT2D eigenvalue weighted by molar-refractivity contribution is 7.13. The number of hydrogen-bond acceptors (Lipinski definition) is 4. The van der Waals surface area contributed by atoms with Gasteiger partial charge in [-0.3, -0.25) is 9.59 Å². The van der Waals surface area contributed by atoms with Gasteiger partial charge in [0.2, 0.25) is 5.91 Å². The van der Waals surface area contributed by atoms with Gasteiger partial charge in [0.25, 0.3) is 5.91 Å². The number of nitrogens with one attached hydrogen (secondary N) is 1. The van der Waals surface area contributed by atoms with E-state index < -0.39 is 0 Å². The Kier molecular flexibility index (Phi) is 5.38. The average Bonchev–Trinajstić information content (AvgIpc) is 3.06. The van der Waals surface area contributed by atoms with Crippen LogP contribution in [0.15, 0.2) is 29.8 Å². The summed E-state index contributed by atoms with van der Waals surface area (Å²) in [5.41, 5.74) is 0.471. The number of rotatable bonds is 3. The van der Waals surface area contributed by atoms with Crippen molar-refractivity contribution in [3.8, 4) is 0 Å². The van der Waals surface area contributed by atoms with Crippen LogP contribution in [0.2, 0.25) is 10.0 Å². The van der Waals surface area contributed by atoms with Crippen molar-refractivity contribution in [1.82, 2.24) is 9.88 Å². The summed E-state index contributed by atoms with van der Waals surface area (Å²) in [4.78, 5) is 30.5. The molecule has 1 aromatic carbocycles. The van der Waals surface area contributed by atoms with E-state index >= 15 is 0 Å². The lowest BCUT2D eigenvalue weighted by Gasteiger charge is -2.31. The average molecular weight is 384 g/mol. The summed E-state index contributed by atoms with van der Waals surface area (Å²) in [5.74, 6) is -0.262. The van der Waals surface area contributed by atoms with Crippen LogP contribution in [-0.4, -0.2) is 34.8 Å². The number of anilines is 1. The minimum Gasteiger partial charge on any atom is -0.339 e. The second-order valence-corrected chi connectivity index (χ2v) is 7.32. The Bertz CT molecular complexity index is 724. The van der Waals surface area contributed by atoms with Gasteiger partial charge in [-0.05, 0) is 31.0 Å². The van der Waals surface area contributed by atoms with Crippen LogP contribution in [0.5, 0.6) is 0 Å². The monoisotopic (exact) mass is 383 g/mol. The Morgan fingerprint density at radius 2 is 1.83 bits per heavy atom. The smallest absolute Gasteiger partial charge is 0.253 e. The largest absolute Gasteiger partial charge is 0.339 e. The van der Waals surface area contributed by atoms with Gasteiger partial charge in [0, 0.05) is 46.2 Å². The summed E-state index contributed by atoms with van der Waals surface area (Å²) in [6, 6.07) is 4.81. The predicted octanol–water partition coefficient (Wildman–Crippen LogP) is 3.94. The number of thiazole rings is 1. The van der Waals surface area contributed by atoms with Crippen LogP contribution in [0.25, 0.3) is 0 Å². The topological polar surface area (TPSA) is 62.3 Å². The van der Waals surface area contributed by atoms with Gasteiger partial charge in [-0.2, -0.15) is 0 Å². The molecule has 0 spiro atoms. The van der Waals surface area contributed by atoms with Gasteiger partial charge < -0.3 is 10.2 Å². The first-order chi connectivity index (χ1) is 11.5. The van der Waals surface area contributed by atoms with Crippen LogP contribution in [0.1, 0.15) is 23.2 Å². The number of carbonyl (C=O) groups is 2. The van der Waals surface area contributed by atoms with E-state index in [1.807, 2.05) is 5.38 Å². The number of carbonyl (C=O) groups excluding carboxylic acids is 2. The molecule has 3 rings (SSSR count). The number of hydrogen-bond donors (Lipinski definition) is 1. The van der Waals surface area contributed by atoms with Crippen LogP contribution in [0.3, 0.4) is 0 Å². The fraction of sp³-hybridized carbons (Fsp3) is 0.312. The summed E-state index contributed by atoms with van der Waals surface area (Å²) in [6.45, 7) is 1.05. The Balaban J connectivity index is 1.58. The molecule has 1 aromatic heterocycles. The maximum atomic E-state index is 12.5. The van der Waals surface area contributed by atoms with Crippen molar-refractivity contribution >= 4 is 51.5 Å². The van der Waals surface area contributed by atoms with Gasteiger partial charge in [0.05, 0.1) is 0 Å². The van der Waals surface area contributed by atoms with E-state index in [1.165, 1.54) is 11.3 Å². The maximum Gasteiger partial charge on any atom is 0.253 e. The first-order valence-electron chi connectivity index (χ1n) is 7.48. The molecule has 0 bridgehead atoms. The molecule has 0 unspecified atom stereocenters. The van der Waals surface area contributed by atoms with Crippen LogP contribution in [-0.2, 0) is 4.79 Å². The molecule has 0 radical (unpaired) electrons. The molecule has 24 heavy (non-hydrogen) atoms. The minimum atomic E-state index is -0.113. The third kappa shape index (κ3) is 4.06. The van der Waals surface area contributed by atoms with Crippen molar-refractivity contribution in [2.75, 3.05) is 18.4 Å². The van der Waals surface area contributed by atoms with E-state index in [0.717, 1.165) is 0 Å². The van der Waals surface area contributed by atoms with Gasteiger partial charge in [-0.15, -0.1) is 11.3 Å². The Morgan fingerprint density at radius 3 is 2.42 bits per heavy atom. The highest BCUT2D eigenvalue weighted by Crippen LogP contribution is 2.24. The molecule has 1 aliphatic heterocycles. The summed E-state index contributed by atoms with van der Waals surface area (Å²) in [7, 11) is 0. The zero-order valence-corrected chi connectivity index (χ0v) is 15.0. The van der Waals surface area contributed by atoms with Crippen molar-refractivity contribution in [1.29, 1.82) is 0 Å². The van der Waals surface area contributed by atoms with E-state index in [0.29, 0.717) is 46.7 Å². The lowest BCUT2D eigenvalue weighted by atomic mass is 9.95. The van der Waals surface area contributed by atoms with Crippen LogP contribution in [0.4, 0.5) is 5.13 Å². The van der Waals surface area contributed by atoms with E-state index in [-0.39, 0.29) is 17.7 Å². The second-order valence-electron chi connectivity index (χ2n) is 5.55. The van der Waals surface area contributed by atoms with Crippen LogP contribution < -0.4 is 5.32 Å². The normalized spacial score (nSPS) is 15.3. The molecule has 0 saturated carbocycles. The van der Waals surface area contributed by atoms with E-state index in [4.69, 9.17) is 23.2 Å². The van der Waals surface area contributed by atoms with E-state index in [2.05, 4.69) is 10.3 Å². The predicted molar refractivity (Wildman–Crippen MR) is 95.8 cm³/mol. The number of halogens is 2. The summed E-state index contributed by atoms with van der Waals surface area (Å²) >= 11 is 13.3. The van der Waals surface area contributed by atoms with Gasteiger partial charge in [0.15, 0.2) is 5.13 Å². The number of nitrogens with zero attached hydrogens (tertiary/aromatic N) is 2. The standard InChI is InChI=1S/C16H15Cl2N3O2S/c17-12-7-11(8-13(18)9-12)15(23)21-4-1-10(2-5-21)14(22)20-16-19-3-6-24-16/h3,6-10H,1-2,4-5H2,(H,19,20,22). The molecule has 126 valence electrons. The number of amides is 2. The van der Waals surface area contributed by atoms with Crippen molar-refractivity contribution in [3.63, 3.8) is 0 Å². The second kappa shape index (κ2) is 7.51. The molecule has 0 aliphatic carbocycles. The number of likely N-dealkylation sites (tertiary alicyclic amines) is 1. The lowest BCUT2D eigenvalue weighted by Crippen LogP contribution is -2.41. The molecule has 5 nitrogen and oxygen atoms in total. The summed E-state index contributed by atoms with van der Waals surface area (Å²) in [5, 5.41) is 6.10. The van der Waals surface area contributed by atoms with Gasteiger partial charge in [0.1, 0.15) is 0 Å². The molecule has 1 saturated heterocycles. The fourth-order valence-corrected chi connectivity index (χ4v) is 3.76. The molecule has 1 N–H and O–H groups in total. The quantitative estimate of drug-likeness (QED) is 0.872. The highest BCUT2D eigenvalue weighted by Gasteiger charge is 2.28. The first kappa shape index (κ1) is 17.2. The summed E-state index contributed by atoms with van der Waals surface area (Å²) < 4.78 is 0. The van der Waals surface area contributed by atoms with Crippen molar-refractivity contribution in [2.45, 2.75) is 12.8 Å². The summed E-state index contributed by atoms with van der Waals surface area (Å²) in [6.07, 6.45) is 2.90. The number of benzene rings is 1. The molecular weight excluding hydrogens is 369 g/mol. The minimum absolute atomic E-state index is 0.0390. The van der Waals surface area contributed by atoms with E-state index in [9.17, 15) is 9.59 Å². The molecule has 8 heteroatoms. The molecule has 0 atom stereocenters. The Morgan fingerprint density at radius 1 is 1.17 bits per heavy atom. The fourth-order valence-electron chi connectivity index (χ4n) is 2.70. The maximum absolute atomic E-state index is 12.5. The molecule has 2 aromatic rings. The van der Waals surface area contributed by atoms with Gasteiger partial charge in [-0.1, -0.05) is 23.2 Å². The van der Waals surface area contributed by atoms with Gasteiger partial charge in [-0.25, -0.2) is 4.98 Å². The van der Waals surface area contributed by atoms with Crippen LogP contribution in [0, 0.1) is 5.92 Å². The number of aromatic nitrogens is 1. The Hall–Kier alpha value is -1.63. The molecule has 1 fully saturated rings. The third-order valence-corrected chi connectivity index (χ3v) is 5.05.